The van der Waals surface area contributed by atoms with Crippen LogP contribution in [0, 0.1) is 0 Å². The molecule has 0 saturated heterocycles. The molecule has 0 aliphatic heterocycles. The molecule has 1 aliphatic carbocycles. The van der Waals surface area contributed by atoms with Gasteiger partial charge in [-0.15, -0.1) is 0 Å². The van der Waals surface area contributed by atoms with Crippen molar-refractivity contribution in [3.05, 3.63) is 94.0 Å². The zero-order valence-electron chi connectivity index (χ0n) is 16.5. The van der Waals surface area contributed by atoms with Gasteiger partial charge in [0.15, 0.2) is 0 Å². The van der Waals surface area contributed by atoms with E-state index >= 15 is 0 Å². The predicted molar refractivity (Wildman–Crippen MR) is 119 cm³/mol. The van der Waals surface area contributed by atoms with Crippen molar-refractivity contribution < 1.29 is 15.0 Å². The molecule has 0 heterocycles. The molecule has 2 atom stereocenters. The normalized spacial score (nSPS) is 16.7. The first-order valence-electron chi connectivity index (χ1n) is 10.1. The van der Waals surface area contributed by atoms with Crippen molar-refractivity contribution >= 4 is 17.6 Å². The van der Waals surface area contributed by atoms with E-state index in [1.807, 2.05) is 24.3 Å². The highest BCUT2D eigenvalue weighted by atomic mass is 35.5. The molecule has 1 aliphatic rings. The maximum Gasteiger partial charge on any atom is 0.335 e. The number of benzene rings is 3. The number of nitrogens with one attached hydrogen (secondary N) is 1. The Morgan fingerprint density at radius 3 is 2.40 bits per heavy atom. The van der Waals surface area contributed by atoms with Gasteiger partial charge in [0.2, 0.25) is 0 Å². The number of fused-ring (bicyclic) bond motifs is 1. The molecule has 0 amide bonds. The van der Waals surface area contributed by atoms with E-state index in [0.29, 0.717) is 23.2 Å². The number of carboxylic acid groups (broad SMARTS) is 1. The molecular weight excluding hydrogens is 398 g/mol. The summed E-state index contributed by atoms with van der Waals surface area (Å²) in [5.41, 5.74) is 5.91. The number of aryl methyl sites for hydroxylation is 1. The summed E-state index contributed by atoms with van der Waals surface area (Å²) in [6.45, 7) is 0.498. The van der Waals surface area contributed by atoms with Gasteiger partial charge in [-0.25, -0.2) is 4.79 Å². The Morgan fingerprint density at radius 2 is 1.70 bits per heavy atom. The lowest BCUT2D eigenvalue weighted by Gasteiger charge is -2.27. The van der Waals surface area contributed by atoms with Crippen molar-refractivity contribution in [2.75, 3.05) is 6.54 Å². The number of rotatable bonds is 6. The van der Waals surface area contributed by atoms with Gasteiger partial charge in [-0.3, -0.25) is 0 Å². The molecule has 4 nitrogen and oxygen atoms in total. The molecule has 0 bridgehead atoms. The van der Waals surface area contributed by atoms with Gasteiger partial charge in [-0.1, -0.05) is 54.1 Å². The summed E-state index contributed by atoms with van der Waals surface area (Å²) in [5.74, 6) is -0.915. The van der Waals surface area contributed by atoms with Crippen LogP contribution in [0.15, 0.2) is 66.7 Å². The number of aliphatic hydroxyl groups is 1. The second kappa shape index (κ2) is 9.00. The van der Waals surface area contributed by atoms with Crippen molar-refractivity contribution in [2.45, 2.75) is 31.4 Å². The fraction of sp³-hybridized carbons (Fsp3) is 0.240. The summed E-state index contributed by atoms with van der Waals surface area (Å²) >= 11 is 5.92. The molecule has 0 aromatic heterocycles. The van der Waals surface area contributed by atoms with Crippen LogP contribution in [0.4, 0.5) is 0 Å². The molecule has 0 spiro atoms. The molecule has 5 heteroatoms. The van der Waals surface area contributed by atoms with E-state index in [9.17, 15) is 9.90 Å². The molecule has 4 rings (SSSR count). The SMILES string of the molecule is O=C(O)c1ccc(-c2ccc3c(c2)C[C@@H](NC[C@@H](O)c2ccc(Cl)cc2)CC3)cc1. The van der Waals surface area contributed by atoms with Crippen LogP contribution in [0.25, 0.3) is 11.1 Å². The Bertz CT molecular complexity index is 1030. The first-order chi connectivity index (χ1) is 14.5. The van der Waals surface area contributed by atoms with E-state index in [2.05, 4.69) is 23.5 Å². The second-order valence-electron chi connectivity index (χ2n) is 7.78. The van der Waals surface area contributed by atoms with Crippen LogP contribution < -0.4 is 5.32 Å². The first kappa shape index (κ1) is 20.6. The minimum Gasteiger partial charge on any atom is -0.478 e. The maximum atomic E-state index is 11.1. The van der Waals surface area contributed by atoms with Crippen LogP contribution in [0.1, 0.15) is 39.6 Å². The van der Waals surface area contributed by atoms with Crippen molar-refractivity contribution in [3.63, 3.8) is 0 Å². The average Bonchev–Trinajstić information content (AvgIpc) is 2.77. The lowest BCUT2D eigenvalue weighted by molar-refractivity contribution is 0.0697. The van der Waals surface area contributed by atoms with Crippen LogP contribution in [-0.2, 0) is 12.8 Å². The molecule has 0 fully saturated rings. The molecule has 3 aromatic rings. The second-order valence-corrected chi connectivity index (χ2v) is 8.22. The average molecular weight is 422 g/mol. The largest absolute Gasteiger partial charge is 0.478 e. The van der Waals surface area contributed by atoms with Crippen LogP contribution in [0.3, 0.4) is 0 Å². The molecule has 3 N–H and O–H groups in total. The Kier molecular flexibility index (Phi) is 6.18. The Labute approximate surface area is 181 Å². The number of aliphatic hydroxyl groups excluding tert-OH is 1. The van der Waals surface area contributed by atoms with Crippen LogP contribution in [0.5, 0.6) is 0 Å². The monoisotopic (exact) mass is 421 g/mol. The third kappa shape index (κ3) is 4.73. The minimum absolute atomic E-state index is 0.292. The molecule has 0 saturated carbocycles. The fourth-order valence-corrected chi connectivity index (χ4v) is 4.12. The zero-order valence-corrected chi connectivity index (χ0v) is 17.3. The highest BCUT2D eigenvalue weighted by molar-refractivity contribution is 6.30. The lowest BCUT2D eigenvalue weighted by Crippen LogP contribution is -2.37. The molecule has 0 radical (unpaired) electrons. The van der Waals surface area contributed by atoms with Crippen LogP contribution >= 0.6 is 11.6 Å². The van der Waals surface area contributed by atoms with Gasteiger partial charge in [0.1, 0.15) is 0 Å². The zero-order chi connectivity index (χ0) is 21.1. The summed E-state index contributed by atoms with van der Waals surface area (Å²) in [6, 6.07) is 21.1. The summed E-state index contributed by atoms with van der Waals surface area (Å²) < 4.78 is 0. The van der Waals surface area contributed by atoms with Crippen LogP contribution in [0.2, 0.25) is 5.02 Å². The van der Waals surface area contributed by atoms with E-state index in [-0.39, 0.29) is 0 Å². The van der Waals surface area contributed by atoms with E-state index in [1.54, 1.807) is 24.3 Å². The number of hydrogen-bond donors (Lipinski definition) is 3. The molecule has 0 unspecified atom stereocenters. The number of carboxylic acids is 1. The Hall–Kier alpha value is -2.66. The summed E-state index contributed by atoms with van der Waals surface area (Å²) in [7, 11) is 0. The summed E-state index contributed by atoms with van der Waals surface area (Å²) in [5, 5.41) is 23.7. The number of aromatic carboxylic acids is 1. The van der Waals surface area contributed by atoms with Crippen molar-refractivity contribution in [3.8, 4) is 11.1 Å². The topological polar surface area (TPSA) is 69.6 Å². The van der Waals surface area contributed by atoms with Gasteiger partial charge in [0, 0.05) is 17.6 Å². The Balaban J connectivity index is 1.42. The van der Waals surface area contributed by atoms with Gasteiger partial charge < -0.3 is 15.5 Å². The minimum atomic E-state index is -0.915. The third-order valence-electron chi connectivity index (χ3n) is 5.75. The van der Waals surface area contributed by atoms with Gasteiger partial charge in [-0.2, -0.15) is 0 Å². The standard InChI is InChI=1S/C25H24ClNO3/c26-22-10-7-18(8-11-22)24(28)15-27-23-12-9-17-3-6-20(13-21(17)14-23)16-1-4-19(5-2-16)25(29)30/h1-8,10-11,13,23-24,27-28H,9,12,14-15H2,(H,29,30)/t23-,24+/m0/s1. The number of halogens is 1. The highest BCUT2D eigenvalue weighted by Gasteiger charge is 2.20. The van der Waals surface area contributed by atoms with Crippen molar-refractivity contribution in [1.29, 1.82) is 0 Å². The molecular formula is C25H24ClNO3. The molecule has 154 valence electrons. The first-order valence-corrected chi connectivity index (χ1v) is 10.5. The van der Waals surface area contributed by atoms with E-state index in [1.165, 1.54) is 11.1 Å². The smallest absolute Gasteiger partial charge is 0.335 e. The van der Waals surface area contributed by atoms with Gasteiger partial charge in [-0.05, 0) is 71.3 Å². The van der Waals surface area contributed by atoms with E-state index in [0.717, 1.165) is 36.0 Å². The van der Waals surface area contributed by atoms with E-state index in [4.69, 9.17) is 16.7 Å². The molecule has 3 aromatic carbocycles. The van der Waals surface area contributed by atoms with Crippen molar-refractivity contribution in [1.82, 2.24) is 5.32 Å². The summed E-state index contributed by atoms with van der Waals surface area (Å²) in [4.78, 5) is 11.1. The van der Waals surface area contributed by atoms with Gasteiger partial charge >= 0.3 is 5.97 Å². The van der Waals surface area contributed by atoms with E-state index < -0.39 is 12.1 Å². The number of carbonyl (C=O) groups is 1. The quantitative estimate of drug-likeness (QED) is 0.530. The third-order valence-corrected chi connectivity index (χ3v) is 6.01. The summed E-state index contributed by atoms with van der Waals surface area (Å²) in [6.07, 6.45) is 2.38. The fourth-order valence-electron chi connectivity index (χ4n) is 4.00. The van der Waals surface area contributed by atoms with Gasteiger partial charge in [0.05, 0.1) is 11.7 Å². The predicted octanol–water partition coefficient (Wildman–Crippen LogP) is 4.89. The Morgan fingerprint density at radius 1 is 1.00 bits per heavy atom. The van der Waals surface area contributed by atoms with Crippen LogP contribution in [-0.4, -0.2) is 28.8 Å². The van der Waals surface area contributed by atoms with Crippen molar-refractivity contribution in [2.24, 2.45) is 0 Å². The highest BCUT2D eigenvalue weighted by Crippen LogP contribution is 2.28. The number of hydrogen-bond acceptors (Lipinski definition) is 3. The maximum absolute atomic E-state index is 11.1. The molecule has 30 heavy (non-hydrogen) atoms. The van der Waals surface area contributed by atoms with Gasteiger partial charge in [0.25, 0.3) is 0 Å². The lowest BCUT2D eigenvalue weighted by atomic mass is 9.86.